The largest absolute Gasteiger partial charge is 0.493 e. The second-order valence-corrected chi connectivity index (χ2v) is 9.27. The summed E-state index contributed by atoms with van der Waals surface area (Å²) < 4.78 is 22.7. The molecule has 1 saturated heterocycles. The second kappa shape index (κ2) is 12.6. The minimum Gasteiger partial charge on any atom is -0.493 e. The summed E-state index contributed by atoms with van der Waals surface area (Å²) in [7, 11) is 1.55. The molecule has 4 rings (SSSR count). The number of rotatable bonds is 11. The number of carbonyl (C=O) groups is 2. The molecule has 0 N–H and O–H groups in total. The molecule has 1 aliphatic rings. The lowest BCUT2D eigenvalue weighted by Crippen LogP contribution is -2.32. The Labute approximate surface area is 224 Å². The van der Waals surface area contributed by atoms with Gasteiger partial charge >= 0.3 is 0 Å². The number of ether oxygens (including phenoxy) is 4. The first-order valence-electron chi connectivity index (χ1n) is 11.6. The van der Waals surface area contributed by atoms with Gasteiger partial charge in [-0.15, -0.1) is 0 Å². The first-order valence-corrected chi connectivity index (χ1v) is 12.8. The van der Waals surface area contributed by atoms with Crippen LogP contribution < -0.4 is 18.9 Å². The number of amides is 2. The first-order chi connectivity index (χ1) is 18.0. The Hall–Kier alpha value is -3.62. The predicted octanol–water partition coefficient (Wildman–Crippen LogP) is 6.44. The lowest BCUT2D eigenvalue weighted by Gasteiger charge is -2.15. The van der Waals surface area contributed by atoms with E-state index in [1.54, 1.807) is 37.5 Å². The van der Waals surface area contributed by atoms with Gasteiger partial charge < -0.3 is 18.9 Å². The van der Waals surface area contributed by atoms with Crippen LogP contribution in [-0.4, -0.2) is 42.9 Å². The number of benzene rings is 3. The van der Waals surface area contributed by atoms with Crippen molar-refractivity contribution < 1.29 is 28.5 Å². The number of hydrogen-bond acceptors (Lipinski definition) is 7. The fourth-order valence-electron chi connectivity index (χ4n) is 3.63. The quantitative estimate of drug-likeness (QED) is 0.259. The molecule has 0 atom stereocenters. The van der Waals surface area contributed by atoms with E-state index < -0.39 is 5.91 Å². The van der Waals surface area contributed by atoms with Gasteiger partial charge in [-0.05, 0) is 60.2 Å². The summed E-state index contributed by atoms with van der Waals surface area (Å²) in [5, 5.41) is -0.0172. The van der Waals surface area contributed by atoms with Gasteiger partial charge in [0.2, 0.25) is 0 Å². The Balaban J connectivity index is 1.46. The zero-order valence-electron chi connectivity index (χ0n) is 20.4. The van der Waals surface area contributed by atoms with Crippen molar-refractivity contribution in [3.8, 4) is 23.0 Å². The minimum absolute atomic E-state index is 0.108. The summed E-state index contributed by atoms with van der Waals surface area (Å²) in [6, 6.07) is 20.3. The number of methoxy groups -OCH3 is 1. The highest BCUT2D eigenvalue weighted by atomic mass is 35.5. The van der Waals surface area contributed by atoms with E-state index in [0.29, 0.717) is 51.7 Å². The summed E-state index contributed by atoms with van der Waals surface area (Å²) in [4.78, 5) is 26.9. The van der Waals surface area contributed by atoms with Crippen molar-refractivity contribution in [1.29, 1.82) is 0 Å². The van der Waals surface area contributed by atoms with E-state index >= 15 is 0 Å². The molecule has 0 saturated carbocycles. The van der Waals surface area contributed by atoms with Crippen molar-refractivity contribution in [2.45, 2.75) is 13.5 Å². The van der Waals surface area contributed by atoms with E-state index in [1.165, 1.54) is 0 Å². The fourth-order valence-corrected chi connectivity index (χ4v) is 4.77. The van der Waals surface area contributed by atoms with Crippen molar-refractivity contribution in [1.82, 2.24) is 4.90 Å². The standard InChI is InChI=1S/C28H26ClNO6S/c1-3-34-24-16-20(15-21(29)26(24)36-18-19-9-5-4-6-10-19)17-25-27(31)30(28(32)37-25)13-14-35-23-12-8-7-11-22(23)33-2/h4-12,15-17H,3,13-14,18H2,1-2H3/b25-17-. The molecular weight excluding hydrogens is 514 g/mol. The van der Waals surface area contributed by atoms with E-state index in [2.05, 4.69) is 0 Å². The van der Waals surface area contributed by atoms with E-state index in [1.807, 2.05) is 49.4 Å². The third-order valence-corrected chi connectivity index (χ3v) is 6.56. The van der Waals surface area contributed by atoms with Gasteiger partial charge in [0, 0.05) is 0 Å². The van der Waals surface area contributed by atoms with Gasteiger partial charge in [-0.3, -0.25) is 14.5 Å². The molecule has 0 bridgehead atoms. The second-order valence-electron chi connectivity index (χ2n) is 7.87. The number of carbonyl (C=O) groups excluding carboxylic acids is 2. The van der Waals surface area contributed by atoms with E-state index in [4.69, 9.17) is 30.5 Å². The van der Waals surface area contributed by atoms with Gasteiger partial charge in [-0.2, -0.15) is 0 Å². The van der Waals surface area contributed by atoms with Crippen LogP contribution in [0, 0.1) is 0 Å². The number of thioether (sulfide) groups is 1. The van der Waals surface area contributed by atoms with Gasteiger partial charge in [-0.1, -0.05) is 54.1 Å². The normalized spacial score (nSPS) is 14.2. The van der Waals surface area contributed by atoms with Crippen LogP contribution in [0.3, 0.4) is 0 Å². The minimum atomic E-state index is -0.392. The average Bonchev–Trinajstić information content (AvgIpc) is 3.16. The van der Waals surface area contributed by atoms with Gasteiger partial charge in [-0.25, -0.2) is 0 Å². The van der Waals surface area contributed by atoms with Crippen LogP contribution in [-0.2, 0) is 11.4 Å². The summed E-state index contributed by atoms with van der Waals surface area (Å²) in [5.74, 6) is 1.61. The number of nitrogens with zero attached hydrogens (tertiary/aromatic N) is 1. The maximum Gasteiger partial charge on any atom is 0.293 e. The lowest BCUT2D eigenvalue weighted by atomic mass is 10.1. The van der Waals surface area contributed by atoms with E-state index in [-0.39, 0.29) is 18.4 Å². The number of para-hydroxylation sites is 2. The maximum atomic E-state index is 13.0. The highest BCUT2D eigenvalue weighted by molar-refractivity contribution is 8.18. The Morgan fingerprint density at radius 3 is 2.38 bits per heavy atom. The third kappa shape index (κ3) is 6.58. The molecule has 9 heteroatoms. The molecule has 0 unspecified atom stereocenters. The summed E-state index contributed by atoms with van der Waals surface area (Å²) >= 11 is 7.41. The Bertz CT molecular complexity index is 1300. The molecular formula is C28H26ClNO6S. The monoisotopic (exact) mass is 539 g/mol. The van der Waals surface area contributed by atoms with Gasteiger partial charge in [0.05, 0.1) is 30.2 Å². The molecule has 7 nitrogen and oxygen atoms in total. The first kappa shape index (κ1) is 26.4. The highest BCUT2D eigenvalue weighted by Gasteiger charge is 2.35. The smallest absolute Gasteiger partial charge is 0.293 e. The maximum absolute atomic E-state index is 13.0. The molecule has 0 spiro atoms. The highest BCUT2D eigenvalue weighted by Crippen LogP contribution is 2.39. The topological polar surface area (TPSA) is 74.3 Å². The van der Waals surface area contributed by atoms with Crippen LogP contribution in [0.15, 0.2) is 71.6 Å². The molecule has 1 aliphatic heterocycles. The van der Waals surface area contributed by atoms with Crippen LogP contribution in [0.5, 0.6) is 23.0 Å². The van der Waals surface area contributed by atoms with E-state index in [0.717, 1.165) is 22.2 Å². The molecule has 37 heavy (non-hydrogen) atoms. The van der Waals surface area contributed by atoms with Crippen LogP contribution in [0.25, 0.3) is 6.08 Å². The molecule has 192 valence electrons. The van der Waals surface area contributed by atoms with Crippen LogP contribution in [0.1, 0.15) is 18.1 Å². The van der Waals surface area contributed by atoms with Crippen molar-refractivity contribution in [3.05, 3.63) is 87.8 Å². The number of imide groups is 1. The van der Waals surface area contributed by atoms with Crippen LogP contribution >= 0.6 is 23.4 Å². The summed E-state index contributed by atoms with van der Waals surface area (Å²) in [5.41, 5.74) is 1.62. The number of hydrogen-bond donors (Lipinski definition) is 0. The van der Waals surface area contributed by atoms with Crippen molar-refractivity contribution >= 4 is 40.6 Å². The van der Waals surface area contributed by atoms with Crippen LogP contribution in [0.4, 0.5) is 4.79 Å². The number of halogens is 1. The molecule has 1 heterocycles. The molecule has 2 amide bonds. The predicted molar refractivity (Wildman–Crippen MR) is 145 cm³/mol. The van der Waals surface area contributed by atoms with E-state index in [9.17, 15) is 9.59 Å². The fraction of sp³-hybridized carbons (Fsp3) is 0.214. The molecule has 3 aromatic carbocycles. The van der Waals surface area contributed by atoms with Crippen molar-refractivity contribution in [2.75, 3.05) is 26.9 Å². The Morgan fingerprint density at radius 2 is 1.65 bits per heavy atom. The Kier molecular flexibility index (Phi) is 8.98. The average molecular weight is 540 g/mol. The molecule has 0 aromatic heterocycles. The van der Waals surface area contributed by atoms with Gasteiger partial charge in [0.1, 0.15) is 13.2 Å². The van der Waals surface area contributed by atoms with Crippen LogP contribution in [0.2, 0.25) is 5.02 Å². The zero-order valence-corrected chi connectivity index (χ0v) is 22.0. The summed E-state index contributed by atoms with van der Waals surface area (Å²) in [6.45, 7) is 2.84. The summed E-state index contributed by atoms with van der Waals surface area (Å²) in [6.07, 6.45) is 1.63. The zero-order chi connectivity index (χ0) is 26.2. The molecule has 1 fully saturated rings. The molecule has 0 radical (unpaired) electrons. The SMILES string of the molecule is CCOc1cc(/C=C2\SC(=O)N(CCOc3ccccc3OC)C2=O)cc(Cl)c1OCc1ccccc1. The lowest BCUT2D eigenvalue weighted by molar-refractivity contribution is -0.123. The third-order valence-electron chi connectivity index (χ3n) is 5.37. The van der Waals surface area contributed by atoms with Crippen molar-refractivity contribution in [2.24, 2.45) is 0 Å². The Morgan fingerprint density at radius 1 is 0.919 bits per heavy atom. The molecule has 0 aliphatic carbocycles. The molecule has 3 aromatic rings. The van der Waals surface area contributed by atoms with Gasteiger partial charge in [0.15, 0.2) is 23.0 Å². The van der Waals surface area contributed by atoms with Crippen molar-refractivity contribution in [3.63, 3.8) is 0 Å². The van der Waals surface area contributed by atoms with Gasteiger partial charge in [0.25, 0.3) is 11.1 Å².